The maximum Gasteiger partial charge on any atom is 0.269 e. The summed E-state index contributed by atoms with van der Waals surface area (Å²) in [6.07, 6.45) is 1.30. The van der Waals surface area contributed by atoms with Gasteiger partial charge in [-0.05, 0) is 11.4 Å². The fourth-order valence-corrected chi connectivity index (χ4v) is 1.70. The summed E-state index contributed by atoms with van der Waals surface area (Å²) in [7, 11) is 0. The van der Waals surface area contributed by atoms with E-state index < -0.39 is 11.8 Å². The second-order valence-corrected chi connectivity index (χ2v) is 4.17. The predicted molar refractivity (Wildman–Crippen MR) is 63.7 cm³/mol. The number of rotatable bonds is 4. The molecule has 2 amide bonds. The van der Waals surface area contributed by atoms with Gasteiger partial charge in [0.05, 0.1) is 0 Å². The monoisotopic (exact) mass is 249 g/mol. The molecule has 17 heavy (non-hydrogen) atoms. The fourth-order valence-electron chi connectivity index (χ4n) is 1.04. The van der Waals surface area contributed by atoms with Crippen LogP contribution in [0.4, 0.5) is 0 Å². The number of hydrogen-bond donors (Lipinski definition) is 2. The number of carbonyl (C=O) groups excluding carboxylic acids is 2. The van der Waals surface area contributed by atoms with Crippen molar-refractivity contribution >= 4 is 23.2 Å². The Bertz CT molecular complexity index is 471. The highest BCUT2D eigenvalue weighted by Crippen LogP contribution is 2.07. The van der Waals surface area contributed by atoms with Crippen LogP contribution in [-0.4, -0.2) is 11.8 Å². The molecule has 1 aromatic rings. The number of hydrogen-bond acceptors (Lipinski definition) is 5. The first-order valence-electron chi connectivity index (χ1n) is 4.81. The van der Waals surface area contributed by atoms with E-state index in [4.69, 9.17) is 5.26 Å². The minimum atomic E-state index is -0.696. The maximum atomic E-state index is 11.3. The maximum absolute atomic E-state index is 11.3. The molecule has 5 nitrogen and oxygen atoms in total. The Morgan fingerprint density at radius 3 is 2.88 bits per heavy atom. The smallest absolute Gasteiger partial charge is 0.269 e. The van der Waals surface area contributed by atoms with Crippen molar-refractivity contribution in [3.05, 3.63) is 34.2 Å². The minimum absolute atomic E-state index is 0.128. The van der Waals surface area contributed by atoms with Gasteiger partial charge in [0, 0.05) is 24.5 Å². The summed E-state index contributed by atoms with van der Waals surface area (Å²) >= 11 is 1.57. The van der Waals surface area contributed by atoms with Gasteiger partial charge in [0.25, 0.3) is 5.91 Å². The van der Waals surface area contributed by atoms with E-state index in [0.717, 1.165) is 4.88 Å². The molecule has 1 rings (SSSR count). The average molecular weight is 249 g/mol. The summed E-state index contributed by atoms with van der Waals surface area (Å²) in [5, 5.41) is 15.6. The van der Waals surface area contributed by atoms with Gasteiger partial charge in [-0.2, -0.15) is 5.26 Å². The Labute approximate surface area is 103 Å². The molecule has 1 aromatic heterocycles. The van der Waals surface area contributed by atoms with Crippen molar-refractivity contribution in [3.63, 3.8) is 0 Å². The first-order valence-corrected chi connectivity index (χ1v) is 5.69. The zero-order valence-corrected chi connectivity index (χ0v) is 10.0. The highest BCUT2D eigenvalue weighted by molar-refractivity contribution is 7.09. The molecule has 0 unspecified atom stereocenters. The van der Waals surface area contributed by atoms with Crippen molar-refractivity contribution in [2.24, 2.45) is 0 Å². The van der Waals surface area contributed by atoms with Crippen molar-refractivity contribution in [1.82, 2.24) is 10.6 Å². The average Bonchev–Trinajstić information content (AvgIpc) is 2.76. The molecule has 6 heteroatoms. The van der Waals surface area contributed by atoms with Crippen LogP contribution in [0.15, 0.2) is 29.3 Å². The normalized spacial score (nSPS) is 10.5. The van der Waals surface area contributed by atoms with Gasteiger partial charge >= 0.3 is 0 Å². The van der Waals surface area contributed by atoms with Gasteiger partial charge in [-0.25, -0.2) is 0 Å². The van der Waals surface area contributed by atoms with E-state index in [-0.39, 0.29) is 5.57 Å². The van der Waals surface area contributed by atoms with Crippen molar-refractivity contribution in [1.29, 1.82) is 5.26 Å². The van der Waals surface area contributed by atoms with Gasteiger partial charge in [-0.3, -0.25) is 14.9 Å². The molecule has 0 bridgehead atoms. The number of nitrogens with zero attached hydrogens (tertiary/aromatic N) is 1. The zero-order valence-electron chi connectivity index (χ0n) is 9.19. The quantitative estimate of drug-likeness (QED) is 0.613. The van der Waals surface area contributed by atoms with Crippen molar-refractivity contribution < 1.29 is 9.59 Å². The summed E-state index contributed by atoms with van der Waals surface area (Å²) in [6.45, 7) is 1.75. The summed E-state index contributed by atoms with van der Waals surface area (Å²) < 4.78 is 0. The third-order valence-electron chi connectivity index (χ3n) is 1.76. The Morgan fingerprint density at radius 1 is 1.59 bits per heavy atom. The summed E-state index contributed by atoms with van der Waals surface area (Å²) in [6, 6.07) is 5.58. The molecule has 0 aliphatic rings. The number of imide groups is 1. The van der Waals surface area contributed by atoms with Crippen LogP contribution < -0.4 is 10.6 Å². The minimum Gasteiger partial charge on any atom is -0.385 e. The number of nitriles is 1. The molecule has 0 fully saturated rings. The lowest BCUT2D eigenvalue weighted by atomic mass is 10.3. The molecule has 0 aliphatic heterocycles. The first kappa shape index (κ1) is 12.9. The van der Waals surface area contributed by atoms with Crippen LogP contribution in [-0.2, 0) is 16.1 Å². The van der Waals surface area contributed by atoms with Crippen LogP contribution in [0.1, 0.15) is 11.8 Å². The number of thiophene rings is 1. The molecular weight excluding hydrogens is 238 g/mol. The van der Waals surface area contributed by atoms with Gasteiger partial charge in [-0.1, -0.05) is 6.07 Å². The summed E-state index contributed by atoms with van der Waals surface area (Å²) in [4.78, 5) is 23.1. The number of nitrogens with one attached hydrogen (secondary N) is 2. The first-order chi connectivity index (χ1) is 8.13. The molecule has 0 atom stereocenters. The van der Waals surface area contributed by atoms with Gasteiger partial charge < -0.3 is 5.32 Å². The molecule has 2 N–H and O–H groups in total. The van der Waals surface area contributed by atoms with Crippen LogP contribution in [0.3, 0.4) is 0 Å². The topological polar surface area (TPSA) is 82.0 Å². The Morgan fingerprint density at radius 2 is 2.35 bits per heavy atom. The van der Waals surface area contributed by atoms with Crippen molar-refractivity contribution in [2.75, 3.05) is 0 Å². The van der Waals surface area contributed by atoms with E-state index in [1.54, 1.807) is 17.4 Å². The Balaban J connectivity index is 2.53. The second kappa shape index (κ2) is 6.45. The molecule has 1 heterocycles. The van der Waals surface area contributed by atoms with E-state index in [2.05, 4.69) is 5.32 Å². The molecular formula is C11H11N3O2S. The SMILES string of the molecule is CC(=O)NC(=O)C(C#N)=CNCc1cccs1. The molecule has 88 valence electrons. The standard InChI is InChI=1S/C11H11N3O2S/c1-8(15)14-11(16)9(5-12)6-13-7-10-3-2-4-17-10/h2-4,6,13H,7H2,1H3,(H,14,15,16). The molecule has 0 radical (unpaired) electrons. The lowest BCUT2D eigenvalue weighted by Gasteiger charge is -2.00. The third-order valence-corrected chi connectivity index (χ3v) is 2.63. The van der Waals surface area contributed by atoms with E-state index in [9.17, 15) is 9.59 Å². The third kappa shape index (κ3) is 4.49. The van der Waals surface area contributed by atoms with E-state index in [1.165, 1.54) is 13.1 Å². The van der Waals surface area contributed by atoms with Gasteiger partial charge in [0.15, 0.2) is 0 Å². The highest BCUT2D eigenvalue weighted by atomic mass is 32.1. The van der Waals surface area contributed by atoms with Gasteiger partial charge in [0.1, 0.15) is 11.6 Å². The Hall–Kier alpha value is -2.13. The van der Waals surface area contributed by atoms with Crippen LogP contribution in [0.5, 0.6) is 0 Å². The molecule has 0 aliphatic carbocycles. The largest absolute Gasteiger partial charge is 0.385 e. The van der Waals surface area contributed by atoms with Gasteiger partial charge in [0.2, 0.25) is 5.91 Å². The van der Waals surface area contributed by atoms with E-state index in [1.807, 2.05) is 22.8 Å². The second-order valence-electron chi connectivity index (χ2n) is 3.14. The van der Waals surface area contributed by atoms with Crippen molar-refractivity contribution in [3.8, 4) is 6.07 Å². The molecule has 0 spiro atoms. The van der Waals surface area contributed by atoms with Crippen LogP contribution in [0.25, 0.3) is 0 Å². The molecule has 0 aromatic carbocycles. The van der Waals surface area contributed by atoms with Crippen molar-refractivity contribution in [2.45, 2.75) is 13.5 Å². The zero-order chi connectivity index (χ0) is 12.7. The predicted octanol–water partition coefficient (Wildman–Crippen LogP) is 0.908. The Kier molecular flexibility index (Phi) is 4.91. The van der Waals surface area contributed by atoms with E-state index >= 15 is 0 Å². The fraction of sp³-hybridized carbons (Fsp3) is 0.182. The van der Waals surface area contributed by atoms with Crippen LogP contribution in [0, 0.1) is 11.3 Å². The van der Waals surface area contributed by atoms with Gasteiger partial charge in [-0.15, -0.1) is 11.3 Å². The molecule has 0 saturated carbocycles. The number of amides is 2. The summed E-state index contributed by atoms with van der Waals surface area (Å²) in [5.41, 5.74) is -0.128. The number of carbonyl (C=O) groups is 2. The highest BCUT2D eigenvalue weighted by Gasteiger charge is 2.09. The summed E-state index contributed by atoms with van der Waals surface area (Å²) in [5.74, 6) is -1.19. The van der Waals surface area contributed by atoms with E-state index in [0.29, 0.717) is 6.54 Å². The lowest BCUT2D eigenvalue weighted by molar-refractivity contribution is -0.126. The van der Waals surface area contributed by atoms with Crippen LogP contribution in [0.2, 0.25) is 0 Å². The van der Waals surface area contributed by atoms with Crippen LogP contribution >= 0.6 is 11.3 Å². The molecule has 0 saturated heterocycles. The lowest BCUT2D eigenvalue weighted by Crippen LogP contribution is -2.29.